The summed E-state index contributed by atoms with van der Waals surface area (Å²) in [5.74, 6) is -0.398. The Hall–Kier alpha value is -2.47. The van der Waals surface area contributed by atoms with Gasteiger partial charge in [-0.15, -0.1) is 0 Å². The van der Waals surface area contributed by atoms with E-state index in [0.29, 0.717) is 17.8 Å². The molecule has 2 rings (SSSR count). The highest BCUT2D eigenvalue weighted by Crippen LogP contribution is 2.17. The highest BCUT2D eigenvalue weighted by molar-refractivity contribution is 7.92. The molecule has 0 fully saturated rings. The van der Waals surface area contributed by atoms with Crippen LogP contribution in [0.2, 0.25) is 0 Å². The molecule has 9 nitrogen and oxygen atoms in total. The first-order valence-electron chi connectivity index (χ1n) is 9.17. The number of ether oxygens (including phenoxy) is 1. The first-order chi connectivity index (χ1) is 14.2. The maximum absolute atomic E-state index is 12.4. The lowest BCUT2D eigenvalue weighted by molar-refractivity contribution is 0.102. The van der Waals surface area contributed by atoms with Crippen molar-refractivity contribution < 1.29 is 26.4 Å². The number of anilines is 2. The third kappa shape index (κ3) is 7.10. The Bertz CT molecular complexity index is 1050. The van der Waals surface area contributed by atoms with E-state index in [1.165, 1.54) is 31.4 Å². The summed E-state index contributed by atoms with van der Waals surface area (Å²) < 4.78 is 57.5. The predicted molar refractivity (Wildman–Crippen MR) is 116 cm³/mol. The van der Waals surface area contributed by atoms with Crippen molar-refractivity contribution in [1.29, 1.82) is 0 Å². The molecule has 0 saturated heterocycles. The third-order valence-electron chi connectivity index (χ3n) is 3.91. The van der Waals surface area contributed by atoms with Crippen LogP contribution in [0.25, 0.3) is 0 Å². The summed E-state index contributed by atoms with van der Waals surface area (Å²) in [4.78, 5) is 12.4. The van der Waals surface area contributed by atoms with Gasteiger partial charge < -0.3 is 10.1 Å². The smallest absolute Gasteiger partial charge is 0.255 e. The number of amides is 1. The van der Waals surface area contributed by atoms with E-state index >= 15 is 0 Å². The Kier molecular flexibility index (Phi) is 8.35. The van der Waals surface area contributed by atoms with Crippen LogP contribution >= 0.6 is 0 Å². The van der Waals surface area contributed by atoms with Crippen molar-refractivity contribution in [3.8, 4) is 0 Å². The SMILES string of the molecule is CCCS(=O)(=O)Nc1ccc(NC(=O)c2ccc(S(=O)(=O)NCCOC)cc2)cc1. The molecular weight excluding hydrogens is 430 g/mol. The van der Waals surface area contributed by atoms with Crippen LogP contribution in [0.5, 0.6) is 0 Å². The zero-order chi connectivity index (χ0) is 22.2. The minimum absolute atomic E-state index is 0.0269. The number of methoxy groups -OCH3 is 1. The Labute approximate surface area is 176 Å². The number of hydrogen-bond donors (Lipinski definition) is 3. The molecule has 0 aromatic heterocycles. The molecule has 1 amide bonds. The van der Waals surface area contributed by atoms with Gasteiger partial charge in [-0.3, -0.25) is 9.52 Å². The van der Waals surface area contributed by atoms with Crippen LogP contribution in [-0.2, 0) is 24.8 Å². The van der Waals surface area contributed by atoms with Crippen molar-refractivity contribution >= 4 is 37.3 Å². The van der Waals surface area contributed by atoms with E-state index in [0.717, 1.165) is 0 Å². The molecule has 0 spiro atoms. The summed E-state index contributed by atoms with van der Waals surface area (Å²) in [6.07, 6.45) is 0.507. The van der Waals surface area contributed by atoms with E-state index < -0.39 is 26.0 Å². The van der Waals surface area contributed by atoms with Gasteiger partial charge in [-0.25, -0.2) is 21.6 Å². The average Bonchev–Trinajstić information content (AvgIpc) is 2.69. The molecule has 0 aliphatic carbocycles. The Morgan fingerprint density at radius 2 is 1.53 bits per heavy atom. The summed E-state index contributed by atoms with van der Waals surface area (Å²) in [5, 5.41) is 2.68. The molecule has 0 aliphatic heterocycles. The molecular formula is C19H25N3O6S2. The summed E-state index contributed by atoms with van der Waals surface area (Å²) in [6.45, 7) is 2.17. The standard InChI is InChI=1S/C19H25N3O6S2/c1-3-14-29(24,25)22-17-8-6-16(7-9-17)21-19(23)15-4-10-18(11-5-15)30(26,27)20-12-13-28-2/h4-11,20,22H,3,12-14H2,1-2H3,(H,21,23). The van der Waals surface area contributed by atoms with Crippen molar-refractivity contribution in [2.75, 3.05) is 36.1 Å². The Balaban J connectivity index is 2.01. The molecule has 0 heterocycles. The second-order valence-electron chi connectivity index (χ2n) is 6.37. The molecule has 3 N–H and O–H groups in total. The lowest BCUT2D eigenvalue weighted by atomic mass is 10.2. The predicted octanol–water partition coefficient (Wildman–Crippen LogP) is 2.02. The molecule has 0 radical (unpaired) electrons. The highest BCUT2D eigenvalue weighted by atomic mass is 32.2. The van der Waals surface area contributed by atoms with Crippen LogP contribution in [0, 0.1) is 0 Å². The van der Waals surface area contributed by atoms with Crippen molar-refractivity contribution in [1.82, 2.24) is 4.72 Å². The van der Waals surface area contributed by atoms with Crippen molar-refractivity contribution in [3.05, 3.63) is 54.1 Å². The average molecular weight is 456 g/mol. The number of nitrogens with one attached hydrogen (secondary N) is 3. The monoisotopic (exact) mass is 455 g/mol. The molecule has 2 aromatic rings. The van der Waals surface area contributed by atoms with Gasteiger partial charge in [-0.05, 0) is 55.0 Å². The largest absolute Gasteiger partial charge is 0.383 e. The zero-order valence-electron chi connectivity index (χ0n) is 16.7. The van der Waals surface area contributed by atoms with Gasteiger partial charge >= 0.3 is 0 Å². The lowest BCUT2D eigenvalue weighted by Gasteiger charge is -2.10. The maximum atomic E-state index is 12.4. The summed E-state index contributed by atoms with van der Waals surface area (Å²) >= 11 is 0. The first kappa shape index (κ1) is 23.8. The number of rotatable bonds is 11. The fraction of sp³-hybridized carbons (Fsp3) is 0.316. The van der Waals surface area contributed by atoms with Crippen LogP contribution in [0.15, 0.2) is 53.4 Å². The van der Waals surface area contributed by atoms with Gasteiger partial charge in [0.25, 0.3) is 5.91 Å². The summed E-state index contributed by atoms with van der Waals surface area (Å²) in [7, 11) is -5.59. The fourth-order valence-electron chi connectivity index (χ4n) is 2.47. The van der Waals surface area contributed by atoms with Gasteiger partial charge in [0, 0.05) is 30.6 Å². The molecule has 0 unspecified atom stereocenters. The summed E-state index contributed by atoms with van der Waals surface area (Å²) in [5.41, 5.74) is 1.15. The van der Waals surface area contributed by atoms with Gasteiger partial charge in [0.15, 0.2) is 0 Å². The van der Waals surface area contributed by atoms with Crippen molar-refractivity contribution in [3.63, 3.8) is 0 Å². The minimum atomic E-state index is -3.68. The fourth-order valence-corrected chi connectivity index (χ4v) is 4.62. The minimum Gasteiger partial charge on any atom is -0.383 e. The maximum Gasteiger partial charge on any atom is 0.255 e. The first-order valence-corrected chi connectivity index (χ1v) is 12.3. The molecule has 164 valence electrons. The number of carbonyl (C=O) groups excluding carboxylic acids is 1. The van der Waals surface area contributed by atoms with Crippen LogP contribution in [-0.4, -0.2) is 48.8 Å². The molecule has 11 heteroatoms. The van der Waals surface area contributed by atoms with Crippen molar-refractivity contribution in [2.24, 2.45) is 0 Å². The molecule has 2 aromatic carbocycles. The van der Waals surface area contributed by atoms with Crippen LogP contribution < -0.4 is 14.8 Å². The number of benzene rings is 2. The molecule has 0 aliphatic rings. The topological polar surface area (TPSA) is 131 Å². The van der Waals surface area contributed by atoms with E-state index in [1.54, 1.807) is 31.2 Å². The molecule has 0 atom stereocenters. The van der Waals surface area contributed by atoms with Crippen LogP contribution in [0.1, 0.15) is 23.7 Å². The highest BCUT2D eigenvalue weighted by Gasteiger charge is 2.15. The number of hydrogen-bond acceptors (Lipinski definition) is 6. The van der Waals surface area contributed by atoms with Crippen LogP contribution in [0.3, 0.4) is 0 Å². The lowest BCUT2D eigenvalue weighted by Crippen LogP contribution is -2.27. The Morgan fingerprint density at radius 1 is 0.933 bits per heavy atom. The van der Waals surface area contributed by atoms with Crippen LogP contribution in [0.4, 0.5) is 11.4 Å². The quantitative estimate of drug-likeness (QED) is 0.444. The van der Waals surface area contributed by atoms with Gasteiger partial charge in [0.2, 0.25) is 20.0 Å². The van der Waals surface area contributed by atoms with Crippen molar-refractivity contribution in [2.45, 2.75) is 18.2 Å². The zero-order valence-corrected chi connectivity index (χ0v) is 18.3. The number of sulfonamides is 2. The van der Waals surface area contributed by atoms with E-state index in [9.17, 15) is 21.6 Å². The normalized spacial score (nSPS) is 11.8. The molecule has 0 saturated carbocycles. The summed E-state index contributed by atoms with van der Waals surface area (Å²) in [6, 6.07) is 11.7. The van der Waals surface area contributed by atoms with E-state index in [-0.39, 0.29) is 29.4 Å². The Morgan fingerprint density at radius 3 is 2.10 bits per heavy atom. The van der Waals surface area contributed by atoms with E-state index in [1.807, 2.05) is 0 Å². The third-order valence-corrected chi connectivity index (χ3v) is 6.88. The second kappa shape index (κ2) is 10.5. The van der Waals surface area contributed by atoms with Gasteiger partial charge in [-0.1, -0.05) is 6.92 Å². The molecule has 0 bridgehead atoms. The van der Waals surface area contributed by atoms with E-state index in [2.05, 4.69) is 14.8 Å². The van der Waals surface area contributed by atoms with Gasteiger partial charge in [0.05, 0.1) is 17.3 Å². The molecule has 30 heavy (non-hydrogen) atoms. The second-order valence-corrected chi connectivity index (χ2v) is 9.98. The van der Waals surface area contributed by atoms with Gasteiger partial charge in [0.1, 0.15) is 0 Å². The number of carbonyl (C=O) groups is 1. The van der Waals surface area contributed by atoms with E-state index in [4.69, 9.17) is 4.74 Å². The van der Waals surface area contributed by atoms with Gasteiger partial charge in [-0.2, -0.15) is 0 Å².